The number of likely N-dealkylation sites (N-methyl/N-ethyl adjacent to an activating group) is 1. The molecule has 0 radical (unpaired) electrons. The molecule has 23 N–H and O–H groups in total. The van der Waals surface area contributed by atoms with Gasteiger partial charge in [-0.05, 0) is 110 Å². The Morgan fingerprint density at radius 1 is 0.734 bits per heavy atom. The lowest BCUT2D eigenvalue weighted by molar-refractivity contribution is -0.329. The van der Waals surface area contributed by atoms with Crippen LogP contribution in [0.2, 0.25) is 10.0 Å². The first-order chi connectivity index (χ1) is 51.5. The fourth-order valence-electron chi connectivity index (χ4n) is 13.2. The first kappa shape index (κ1) is 79.9. The molecule has 0 aliphatic carbocycles. The summed E-state index contributed by atoms with van der Waals surface area (Å²) in [4.78, 5) is 137. The number of phenolic OH excluding ortho intramolecular Hbond substituents is 3. The zero-order valence-corrected chi connectivity index (χ0v) is 60.6. The molecule has 0 spiro atoms. The van der Waals surface area contributed by atoms with E-state index < -0.39 is 236 Å². The highest BCUT2D eigenvalue weighted by atomic mass is 35.5. The molecule has 7 aliphatic rings. The first-order valence-corrected chi connectivity index (χ1v) is 35.6. The monoisotopic (exact) mass is 1570 g/mol. The molecule has 10 unspecified atom stereocenters. The predicted molar refractivity (Wildman–Crippen MR) is 382 cm³/mol. The van der Waals surface area contributed by atoms with Gasteiger partial charge in [0, 0.05) is 46.5 Å². The number of hydrogen-bond donors (Lipinski definition) is 20. The SMILES string of the molecule is CN[C@@H](CC(C)C)C(=O)N[C@H]1C(=O)N[C@@H](CC(N)=O)C(=O)N[C@H]2C(=O)NC3C(=O)N[C@H](C(=O)N[C@@H](C(=O)O)c4cc(O)cc(O)c4-c4cc3ccc4O)[C@H](O)c3ccc(c(Cl)c3)Oc3cc2cc(c3OC2OC(CSc3nc(N)cc(=O)[nH]3)C(O)C(O)C2OC2CC(C)(N)C(O)C(C)O2)Oc2ccc(cc2Cl)[C@H]1O. The maximum atomic E-state index is 16.2. The average molecular weight is 1570 g/mol. The molecule has 7 aliphatic heterocycles. The molecule has 582 valence electrons. The number of carboxylic acids is 1. The summed E-state index contributed by atoms with van der Waals surface area (Å²) in [5.41, 5.74) is 13.3. The van der Waals surface area contributed by atoms with E-state index in [9.17, 15) is 74.7 Å². The second kappa shape index (κ2) is 32.6. The number of nitrogens with zero attached hydrogens (tertiary/aromatic N) is 1. The van der Waals surface area contributed by atoms with Crippen molar-refractivity contribution >= 4 is 88.1 Å². The Morgan fingerprint density at radius 2 is 1.36 bits per heavy atom. The number of phenols is 3. The van der Waals surface area contributed by atoms with E-state index in [1.807, 2.05) is 13.8 Å². The van der Waals surface area contributed by atoms with E-state index in [2.05, 4.69) is 47.2 Å². The molecule has 13 rings (SSSR count). The van der Waals surface area contributed by atoms with Gasteiger partial charge in [0.25, 0.3) is 5.56 Å². The van der Waals surface area contributed by atoms with Crippen LogP contribution in [-0.4, -0.2) is 195 Å². The molecule has 1 aromatic heterocycles. The number of nitrogens with two attached hydrogens (primary N) is 3. The second-order valence-electron chi connectivity index (χ2n) is 27.3. The summed E-state index contributed by atoms with van der Waals surface area (Å²) in [5.74, 6) is -16.7. The van der Waals surface area contributed by atoms with Crippen LogP contribution in [0.15, 0.2) is 94.9 Å². The quantitative estimate of drug-likeness (QED) is 0.0494. The van der Waals surface area contributed by atoms with E-state index in [0.717, 1.165) is 84.6 Å². The number of carbonyl (C=O) groups excluding carboxylic acids is 7. The van der Waals surface area contributed by atoms with E-state index >= 15 is 14.4 Å². The maximum Gasteiger partial charge on any atom is 0.330 e. The second-order valence-corrected chi connectivity index (χ2v) is 29.1. The predicted octanol–water partition coefficient (Wildman–Crippen LogP) is 0.572. The first-order valence-electron chi connectivity index (χ1n) is 33.8. The Bertz CT molecular complexity index is 4640. The third-order valence-corrected chi connectivity index (χ3v) is 20.3. The zero-order chi connectivity index (χ0) is 79.1. The van der Waals surface area contributed by atoms with Gasteiger partial charge in [0.05, 0.1) is 40.8 Å². The topological polar surface area (TPSA) is 582 Å². The molecule has 7 amide bonds. The number of hydrogen-bond acceptors (Lipinski definition) is 28. The molecule has 11 bridgehead atoms. The van der Waals surface area contributed by atoms with Gasteiger partial charge in [-0.3, -0.25) is 38.4 Å². The lowest BCUT2D eigenvalue weighted by Crippen LogP contribution is -2.64. The number of aromatic amines is 1. The number of aliphatic hydroxyl groups is 5. The minimum Gasteiger partial charge on any atom is -0.508 e. The maximum absolute atomic E-state index is 16.2. The number of aliphatic hydroxyl groups excluding tert-OH is 5. The number of aromatic hydroxyl groups is 3. The van der Waals surface area contributed by atoms with Crippen LogP contribution in [0.5, 0.6) is 46.0 Å². The van der Waals surface area contributed by atoms with Crippen molar-refractivity contribution in [2.75, 3.05) is 18.5 Å². The largest absolute Gasteiger partial charge is 0.508 e. The van der Waals surface area contributed by atoms with Crippen LogP contribution in [0.3, 0.4) is 0 Å². The van der Waals surface area contributed by atoms with Crippen LogP contribution in [0.4, 0.5) is 5.82 Å². The van der Waals surface area contributed by atoms with E-state index in [1.165, 1.54) is 33.0 Å². The van der Waals surface area contributed by atoms with Gasteiger partial charge < -0.3 is 134 Å². The summed E-state index contributed by atoms with van der Waals surface area (Å²) in [7, 11) is 1.47. The van der Waals surface area contributed by atoms with Gasteiger partial charge in [-0.2, -0.15) is 0 Å². The Hall–Kier alpha value is -10.1. The number of aromatic nitrogens is 2. The molecule has 18 atom stereocenters. The number of carbonyl (C=O) groups is 8. The third kappa shape index (κ3) is 17.5. The number of primary amides is 1. The third-order valence-electron chi connectivity index (χ3n) is 18.7. The van der Waals surface area contributed by atoms with E-state index in [4.69, 9.17) is 68.8 Å². The summed E-state index contributed by atoms with van der Waals surface area (Å²) in [6.45, 7) is 6.62. The van der Waals surface area contributed by atoms with E-state index in [0.29, 0.717) is 0 Å². The Kier molecular flexibility index (Phi) is 23.9. The van der Waals surface area contributed by atoms with Crippen molar-refractivity contribution in [1.82, 2.24) is 47.2 Å². The molecular weight excluding hydrogens is 1500 g/mol. The number of anilines is 1. The lowest BCUT2D eigenvalue weighted by atomic mass is 9.86. The molecule has 8 heterocycles. The number of halogens is 2. The number of carboxylic acid groups (broad SMARTS) is 1. The number of amides is 7. The summed E-state index contributed by atoms with van der Waals surface area (Å²) in [6.07, 6.45) is -18.7. The number of nitrogens with one attached hydrogen (secondary N) is 8. The number of nitrogen functional groups attached to an aromatic ring is 1. The van der Waals surface area contributed by atoms with Crippen LogP contribution >= 0.6 is 35.0 Å². The van der Waals surface area contributed by atoms with Crippen molar-refractivity contribution in [1.29, 1.82) is 0 Å². The van der Waals surface area contributed by atoms with Crippen LogP contribution in [0.1, 0.15) is 105 Å². The normalized spacial score (nSPS) is 28.1. The van der Waals surface area contributed by atoms with Crippen molar-refractivity contribution in [3.8, 4) is 57.1 Å². The van der Waals surface area contributed by atoms with Gasteiger partial charge in [-0.15, -0.1) is 0 Å². The molecule has 0 saturated carbocycles. The number of H-pyrrole nitrogens is 1. The van der Waals surface area contributed by atoms with Gasteiger partial charge in [0.2, 0.25) is 53.4 Å². The molecule has 39 heteroatoms. The minimum absolute atomic E-state index is 0.0628. The summed E-state index contributed by atoms with van der Waals surface area (Å²) >= 11 is 15.1. The van der Waals surface area contributed by atoms with Crippen LogP contribution in [0, 0.1) is 5.92 Å². The molecule has 2 saturated heterocycles. The van der Waals surface area contributed by atoms with Crippen molar-refractivity contribution in [2.24, 2.45) is 17.4 Å². The number of benzene rings is 5. The van der Waals surface area contributed by atoms with Crippen molar-refractivity contribution in [3.63, 3.8) is 0 Å². The van der Waals surface area contributed by atoms with Crippen molar-refractivity contribution < 1.29 is 113 Å². The molecular formula is C70H78Cl2N12O24S. The highest BCUT2D eigenvalue weighted by Crippen LogP contribution is 2.50. The fourth-order valence-corrected chi connectivity index (χ4v) is 14.6. The minimum atomic E-state index is -2.37. The smallest absolute Gasteiger partial charge is 0.330 e. The van der Waals surface area contributed by atoms with Crippen molar-refractivity contribution in [2.45, 2.75) is 161 Å². The molecule has 109 heavy (non-hydrogen) atoms. The number of ether oxygens (including phenoxy) is 6. The summed E-state index contributed by atoms with van der Waals surface area (Å²) in [6, 6.07) is 0.183. The van der Waals surface area contributed by atoms with Gasteiger partial charge in [0.1, 0.15) is 89.2 Å². The highest BCUT2D eigenvalue weighted by molar-refractivity contribution is 7.99. The standard InChI is InChI=1S/C70H78Cl2N12O24S/c1-24(2)12-35(76-5)61(95)83-52-54(90)27-7-10-39(33(71)14-27)104-41-16-29-17-42(58(41)108-68-59(107-47-22-70(4,75)60(94)25(3)103-47)57(93)56(92)43(106-68)23-109-69-78-44(73)21-46(89)79-69)105-40-11-8-28(15-34(40)72)55(91)53-66(100)82-51(67(101)102)32-18-30(85)19-38(87)48(32)31-13-26(6-9-37(31)86)49(63(97)84-53)81-64(98)50(29)80-62(96)36(20-45(74)88)77-65(52)99/h6-11,13-19,21,24-25,35-36,43,47,49-57,59-60,68,76,85-87,90-94H,12,20,22-23,75H2,1-5H3,(H2,74,88)(H,77,99)(H,80,96)(H,81,98)(H,82,100)(H,83,95)(H,84,97)(H,101,102)(H3,73,78,79,89)/t25?,35-,36-,43?,47?,49?,50+,51+,52+,53-,54+,55+,56?,57?,59?,60?,68?,70?/m0/s1. The van der Waals surface area contributed by atoms with Crippen LogP contribution in [-0.2, 0) is 52.6 Å². The number of thioether (sulfide) groups is 1. The van der Waals surface area contributed by atoms with Gasteiger partial charge >= 0.3 is 5.97 Å². The lowest BCUT2D eigenvalue weighted by Gasteiger charge is -2.47. The molecule has 5 aromatic carbocycles. The van der Waals surface area contributed by atoms with E-state index in [1.54, 1.807) is 0 Å². The van der Waals surface area contributed by atoms with Gasteiger partial charge in [0.15, 0.2) is 35.1 Å². The summed E-state index contributed by atoms with van der Waals surface area (Å²) < 4.78 is 39.3. The van der Waals surface area contributed by atoms with E-state index in [-0.39, 0.29) is 62.9 Å². The molecule has 2 fully saturated rings. The average Bonchev–Trinajstić information content (AvgIpc) is 0.767. The number of aliphatic carboxylic acids is 1. The number of rotatable bonds is 15. The fraction of sp³-hybridized carbons (Fsp3) is 0.400. The van der Waals surface area contributed by atoms with Gasteiger partial charge in [-0.1, -0.05) is 67.0 Å². The Balaban J connectivity index is 1.17. The molecule has 36 nitrogen and oxygen atoms in total. The van der Waals surface area contributed by atoms with Crippen LogP contribution < -0.4 is 74.2 Å². The zero-order valence-electron chi connectivity index (χ0n) is 58.3. The highest BCUT2D eigenvalue weighted by Gasteiger charge is 2.52. The summed E-state index contributed by atoms with van der Waals surface area (Å²) in [5, 5.41) is 122. The van der Waals surface area contributed by atoms with Gasteiger partial charge in [-0.25, -0.2) is 9.78 Å². The van der Waals surface area contributed by atoms with Crippen LogP contribution in [0.25, 0.3) is 11.1 Å². The molecule has 6 aromatic rings. The Labute approximate surface area is 632 Å². The van der Waals surface area contributed by atoms with Crippen molar-refractivity contribution in [3.05, 3.63) is 133 Å². The Morgan fingerprint density at radius 3 is 1.96 bits per heavy atom. The number of fused-ring (bicyclic) bond motifs is 15.